The summed E-state index contributed by atoms with van der Waals surface area (Å²) in [5, 5.41) is 9.64. The molecule has 0 N–H and O–H groups in total. The van der Waals surface area contributed by atoms with Crippen LogP contribution in [0.15, 0.2) is 78.9 Å². The van der Waals surface area contributed by atoms with E-state index in [-0.39, 0.29) is 17.5 Å². The highest BCUT2D eigenvalue weighted by atomic mass is 35.5. The third-order valence-electron chi connectivity index (χ3n) is 6.89. The van der Waals surface area contributed by atoms with Gasteiger partial charge < -0.3 is 9.80 Å². The lowest BCUT2D eigenvalue weighted by Crippen LogP contribution is -2.58. The third-order valence-corrected chi connectivity index (χ3v) is 7.15. The molecule has 2 aliphatic rings. The van der Waals surface area contributed by atoms with Crippen molar-refractivity contribution in [2.45, 2.75) is 19.0 Å². The molecule has 35 heavy (non-hydrogen) atoms. The minimum Gasteiger partial charge on any atom is -0.309 e. The van der Waals surface area contributed by atoms with E-state index in [1.54, 1.807) is 24.0 Å². The number of carbonyl (C=O) groups excluding carboxylic acids is 2. The first-order valence-electron chi connectivity index (χ1n) is 11.5. The van der Waals surface area contributed by atoms with Crippen molar-refractivity contribution in [3.05, 3.63) is 112 Å². The zero-order chi connectivity index (χ0) is 24.2. The number of nitrogens with zero attached hydrogens (tertiary/aromatic N) is 5. The molecule has 8 heteroatoms. The summed E-state index contributed by atoms with van der Waals surface area (Å²) >= 11 is 6.20. The molecule has 6 rings (SSSR count). The van der Waals surface area contributed by atoms with Gasteiger partial charge in [-0.05, 0) is 48.4 Å². The second-order valence-corrected chi connectivity index (χ2v) is 9.27. The quantitative estimate of drug-likeness (QED) is 0.437. The molecule has 7 nitrogen and oxygen atoms in total. The fourth-order valence-electron chi connectivity index (χ4n) is 5.25. The normalized spacial score (nSPS) is 19.0. The van der Waals surface area contributed by atoms with Crippen molar-refractivity contribution in [3.63, 3.8) is 0 Å². The Labute approximate surface area is 207 Å². The van der Waals surface area contributed by atoms with E-state index in [0.717, 1.165) is 16.8 Å². The van der Waals surface area contributed by atoms with Gasteiger partial charge in [-0.2, -0.15) is 9.90 Å². The van der Waals surface area contributed by atoms with Crippen molar-refractivity contribution in [1.82, 2.24) is 24.8 Å². The van der Waals surface area contributed by atoms with Gasteiger partial charge >= 0.3 is 0 Å². The lowest BCUT2D eigenvalue weighted by molar-refractivity contribution is 0.00738. The van der Waals surface area contributed by atoms with Crippen molar-refractivity contribution in [2.75, 3.05) is 13.1 Å². The van der Waals surface area contributed by atoms with E-state index in [9.17, 15) is 9.59 Å². The zero-order valence-corrected chi connectivity index (χ0v) is 19.8. The van der Waals surface area contributed by atoms with Gasteiger partial charge in [0.2, 0.25) is 0 Å². The molecule has 3 aromatic carbocycles. The molecule has 0 spiro atoms. The summed E-state index contributed by atoms with van der Waals surface area (Å²) in [5.41, 5.74) is 3.03. The van der Waals surface area contributed by atoms with Crippen LogP contribution >= 0.6 is 11.6 Å². The summed E-state index contributed by atoms with van der Waals surface area (Å²) in [6.07, 6.45) is 0.480. The van der Waals surface area contributed by atoms with Crippen molar-refractivity contribution in [1.29, 1.82) is 0 Å². The lowest BCUT2D eigenvalue weighted by atomic mass is 9.83. The van der Waals surface area contributed by atoms with Crippen LogP contribution in [0, 0.1) is 6.92 Å². The molecule has 0 bridgehead atoms. The Kier molecular flexibility index (Phi) is 4.96. The van der Waals surface area contributed by atoms with Crippen LogP contribution in [-0.2, 0) is 12.1 Å². The van der Waals surface area contributed by atoms with Gasteiger partial charge in [-0.25, -0.2) is 0 Å². The Bertz CT molecular complexity index is 1450. The third kappa shape index (κ3) is 3.26. The number of aryl methyl sites for hydroxylation is 1. The molecule has 1 unspecified atom stereocenters. The Morgan fingerprint density at radius 1 is 0.914 bits per heavy atom. The predicted octanol–water partition coefficient (Wildman–Crippen LogP) is 4.24. The van der Waals surface area contributed by atoms with Gasteiger partial charge in [-0.15, -0.1) is 5.10 Å². The van der Waals surface area contributed by atoms with E-state index in [1.807, 2.05) is 71.6 Å². The number of carbonyl (C=O) groups is 2. The highest BCUT2D eigenvalue weighted by molar-refractivity contribution is 6.30. The maximum Gasteiger partial charge on any atom is 0.278 e. The monoisotopic (exact) mass is 483 g/mol. The number of hydrogen-bond acceptors (Lipinski definition) is 4. The van der Waals surface area contributed by atoms with Crippen LogP contribution < -0.4 is 0 Å². The Hall–Kier alpha value is -3.97. The largest absolute Gasteiger partial charge is 0.309 e. The number of fused-ring (bicyclic) bond motifs is 2. The Morgan fingerprint density at radius 3 is 2.40 bits per heavy atom. The zero-order valence-electron chi connectivity index (χ0n) is 19.1. The summed E-state index contributed by atoms with van der Waals surface area (Å²) in [4.78, 5) is 32.8. The summed E-state index contributed by atoms with van der Waals surface area (Å²) in [7, 11) is 0. The molecule has 2 amide bonds. The maximum atomic E-state index is 14.1. The second-order valence-electron chi connectivity index (χ2n) is 8.83. The standard InChI is InChI=1S/C27H22ClN5O2/c1-18-24(30-33(29-18)22-8-3-2-4-9-22)26(35)32-16-15-31-25(34)23-10-6-5-7-19(23)17-27(31,32)20-11-13-21(28)14-12-20/h2-14H,15-17H2,1H3. The van der Waals surface area contributed by atoms with Gasteiger partial charge in [0.15, 0.2) is 5.69 Å². The molecule has 3 heterocycles. The van der Waals surface area contributed by atoms with Crippen LogP contribution in [0.1, 0.15) is 37.7 Å². The molecule has 1 saturated heterocycles. The van der Waals surface area contributed by atoms with Crippen molar-refractivity contribution >= 4 is 23.4 Å². The average molecular weight is 484 g/mol. The summed E-state index contributed by atoms with van der Waals surface area (Å²) in [6.45, 7) is 2.59. The molecule has 0 radical (unpaired) electrons. The number of amides is 2. The van der Waals surface area contributed by atoms with Crippen LogP contribution in [-0.4, -0.2) is 49.7 Å². The Morgan fingerprint density at radius 2 is 1.63 bits per heavy atom. The molecule has 0 saturated carbocycles. The van der Waals surface area contributed by atoms with Crippen LogP contribution in [0.3, 0.4) is 0 Å². The fraction of sp³-hybridized carbons (Fsp3) is 0.185. The van der Waals surface area contributed by atoms with Gasteiger partial charge in [0, 0.05) is 30.1 Å². The van der Waals surface area contributed by atoms with Gasteiger partial charge in [0.25, 0.3) is 11.8 Å². The topological polar surface area (TPSA) is 71.3 Å². The Balaban J connectivity index is 1.48. The molecular weight excluding hydrogens is 462 g/mol. The molecule has 1 aromatic heterocycles. The minimum atomic E-state index is -0.976. The number of halogens is 1. The first-order valence-corrected chi connectivity index (χ1v) is 11.8. The van der Waals surface area contributed by atoms with Crippen LogP contribution in [0.2, 0.25) is 5.02 Å². The first-order chi connectivity index (χ1) is 17.0. The number of hydrogen-bond donors (Lipinski definition) is 0. The van der Waals surface area contributed by atoms with Crippen molar-refractivity contribution in [2.24, 2.45) is 0 Å². The second kappa shape index (κ2) is 8.06. The SMILES string of the molecule is Cc1nn(-c2ccccc2)nc1C(=O)N1CCN2C(=O)c3ccccc3CC21c1ccc(Cl)cc1. The average Bonchev–Trinajstić information content (AvgIpc) is 3.46. The molecular formula is C27H22ClN5O2. The predicted molar refractivity (Wildman–Crippen MR) is 131 cm³/mol. The molecule has 1 atom stereocenters. The number of para-hydroxylation sites is 1. The molecule has 0 aliphatic carbocycles. The van der Waals surface area contributed by atoms with Gasteiger partial charge in [0.05, 0.1) is 11.4 Å². The van der Waals surface area contributed by atoms with E-state index < -0.39 is 5.66 Å². The van der Waals surface area contributed by atoms with Gasteiger partial charge in [0.1, 0.15) is 5.66 Å². The highest BCUT2D eigenvalue weighted by Crippen LogP contribution is 2.45. The van der Waals surface area contributed by atoms with E-state index >= 15 is 0 Å². The summed E-state index contributed by atoms with van der Waals surface area (Å²) < 4.78 is 0. The number of benzene rings is 3. The number of rotatable bonds is 3. The molecule has 2 aliphatic heterocycles. The van der Waals surface area contributed by atoms with Crippen LogP contribution in [0.25, 0.3) is 5.69 Å². The number of aromatic nitrogens is 3. The van der Waals surface area contributed by atoms with E-state index in [4.69, 9.17) is 11.6 Å². The molecule has 1 fully saturated rings. The van der Waals surface area contributed by atoms with Gasteiger partial charge in [-0.3, -0.25) is 9.59 Å². The van der Waals surface area contributed by atoms with E-state index in [1.165, 1.54) is 4.80 Å². The van der Waals surface area contributed by atoms with Gasteiger partial charge in [-0.1, -0.05) is 60.1 Å². The van der Waals surface area contributed by atoms with Crippen molar-refractivity contribution < 1.29 is 9.59 Å². The van der Waals surface area contributed by atoms with E-state index in [0.29, 0.717) is 35.8 Å². The fourth-order valence-corrected chi connectivity index (χ4v) is 5.38. The van der Waals surface area contributed by atoms with E-state index in [2.05, 4.69) is 10.2 Å². The highest BCUT2D eigenvalue weighted by Gasteiger charge is 2.56. The van der Waals surface area contributed by atoms with Crippen molar-refractivity contribution in [3.8, 4) is 5.69 Å². The summed E-state index contributed by atoms with van der Waals surface area (Å²) in [5.74, 6) is -0.337. The lowest BCUT2D eigenvalue weighted by Gasteiger charge is -2.47. The molecule has 174 valence electrons. The minimum absolute atomic E-state index is 0.0817. The smallest absolute Gasteiger partial charge is 0.278 e. The summed E-state index contributed by atoms with van der Waals surface area (Å²) in [6, 6.07) is 24.5. The van der Waals surface area contributed by atoms with Crippen LogP contribution in [0.4, 0.5) is 0 Å². The van der Waals surface area contributed by atoms with Crippen LogP contribution in [0.5, 0.6) is 0 Å². The molecule has 4 aromatic rings. The maximum absolute atomic E-state index is 14.1. The first kappa shape index (κ1) is 21.6.